The van der Waals surface area contributed by atoms with Crippen LogP contribution in [0, 0.1) is 5.82 Å². The smallest absolute Gasteiger partial charge is 0.276 e. The highest BCUT2D eigenvalue weighted by molar-refractivity contribution is 7.89. The Bertz CT molecular complexity index is 1090. The summed E-state index contributed by atoms with van der Waals surface area (Å²) in [5.74, 6) is 0.652. The Morgan fingerprint density at radius 1 is 1.00 bits per heavy atom. The summed E-state index contributed by atoms with van der Waals surface area (Å²) in [7, 11) is -2.23. The normalized spacial score (nSPS) is 11.4. The van der Waals surface area contributed by atoms with Gasteiger partial charge in [0.25, 0.3) is 10.0 Å². The number of rotatable bonds is 8. The van der Waals surface area contributed by atoms with Crippen LogP contribution in [-0.4, -0.2) is 21.7 Å². The predicted molar refractivity (Wildman–Crippen MR) is 108 cm³/mol. The average molecular weight is 414 g/mol. The fraction of sp³-hybridized carbons (Fsp3) is 0.0952. The maximum atomic E-state index is 13.0. The van der Waals surface area contributed by atoms with Crippen molar-refractivity contribution in [2.75, 3.05) is 7.11 Å². The molecule has 0 aliphatic heterocycles. The topological polar surface area (TPSA) is 77.0 Å². The van der Waals surface area contributed by atoms with E-state index in [1.165, 1.54) is 37.6 Å². The van der Waals surface area contributed by atoms with Crippen LogP contribution in [0.1, 0.15) is 11.1 Å². The van der Waals surface area contributed by atoms with Gasteiger partial charge in [-0.1, -0.05) is 30.3 Å². The number of nitrogens with zero attached hydrogens (tertiary/aromatic N) is 1. The number of hydrazone groups is 1. The number of ether oxygens (including phenoxy) is 2. The van der Waals surface area contributed by atoms with Crippen molar-refractivity contribution in [2.45, 2.75) is 11.5 Å². The lowest BCUT2D eigenvalue weighted by molar-refractivity contribution is 0.284. The third-order valence-electron chi connectivity index (χ3n) is 3.94. The Kier molecular flexibility index (Phi) is 6.46. The zero-order valence-corrected chi connectivity index (χ0v) is 16.4. The number of hydrogen-bond donors (Lipinski definition) is 1. The molecule has 3 aromatic rings. The van der Waals surface area contributed by atoms with Crippen LogP contribution >= 0.6 is 0 Å². The second-order valence-electron chi connectivity index (χ2n) is 5.99. The van der Waals surface area contributed by atoms with Crippen molar-refractivity contribution < 1.29 is 22.3 Å². The van der Waals surface area contributed by atoms with E-state index < -0.39 is 10.0 Å². The summed E-state index contributed by atoms with van der Waals surface area (Å²) in [6.07, 6.45) is 1.37. The monoisotopic (exact) mass is 414 g/mol. The first-order valence-corrected chi connectivity index (χ1v) is 10.1. The molecule has 0 atom stereocenters. The molecule has 0 radical (unpaired) electrons. The van der Waals surface area contributed by atoms with E-state index in [0.29, 0.717) is 17.1 Å². The summed E-state index contributed by atoms with van der Waals surface area (Å²) in [6, 6.07) is 19.0. The Hall–Kier alpha value is -3.39. The van der Waals surface area contributed by atoms with E-state index in [9.17, 15) is 12.8 Å². The second-order valence-corrected chi connectivity index (χ2v) is 7.65. The molecule has 0 spiro atoms. The SMILES string of the molecule is COc1cc(/C=N/NS(=O)(=O)c2ccccc2)ccc1OCc1ccc(F)cc1. The number of methoxy groups -OCH3 is 1. The Morgan fingerprint density at radius 3 is 2.41 bits per heavy atom. The molecule has 0 unspecified atom stereocenters. The number of sulfonamides is 1. The first kappa shape index (κ1) is 20.3. The number of halogens is 1. The zero-order valence-electron chi connectivity index (χ0n) is 15.6. The van der Waals surface area contributed by atoms with Gasteiger partial charge in [-0.3, -0.25) is 0 Å². The van der Waals surface area contributed by atoms with E-state index in [-0.39, 0.29) is 17.3 Å². The molecule has 0 amide bonds. The fourth-order valence-electron chi connectivity index (χ4n) is 2.45. The van der Waals surface area contributed by atoms with Gasteiger partial charge in [-0.25, -0.2) is 9.22 Å². The lowest BCUT2D eigenvalue weighted by atomic mass is 10.2. The molecule has 3 aromatic carbocycles. The molecule has 0 aliphatic carbocycles. The van der Waals surface area contributed by atoms with Crippen molar-refractivity contribution in [3.63, 3.8) is 0 Å². The van der Waals surface area contributed by atoms with Crippen LogP contribution in [-0.2, 0) is 16.6 Å². The van der Waals surface area contributed by atoms with Gasteiger partial charge in [0.1, 0.15) is 12.4 Å². The summed E-state index contributed by atoms with van der Waals surface area (Å²) in [6.45, 7) is 0.251. The van der Waals surface area contributed by atoms with Crippen LogP contribution in [0.15, 0.2) is 82.8 Å². The van der Waals surface area contributed by atoms with Gasteiger partial charge in [0.2, 0.25) is 0 Å². The predicted octanol–water partition coefficient (Wildman–Crippen LogP) is 3.73. The van der Waals surface area contributed by atoms with E-state index in [1.54, 1.807) is 48.5 Å². The van der Waals surface area contributed by atoms with Crippen LogP contribution in [0.2, 0.25) is 0 Å². The van der Waals surface area contributed by atoms with Gasteiger partial charge in [0.15, 0.2) is 11.5 Å². The lowest BCUT2D eigenvalue weighted by Crippen LogP contribution is -2.18. The molecule has 0 fully saturated rings. The van der Waals surface area contributed by atoms with Crippen molar-refractivity contribution in [1.29, 1.82) is 0 Å². The second kappa shape index (κ2) is 9.20. The van der Waals surface area contributed by atoms with Crippen LogP contribution in [0.3, 0.4) is 0 Å². The molecule has 6 nitrogen and oxygen atoms in total. The van der Waals surface area contributed by atoms with Crippen molar-refractivity contribution in [3.05, 3.63) is 89.7 Å². The minimum atomic E-state index is -3.73. The molecule has 8 heteroatoms. The highest BCUT2D eigenvalue weighted by Crippen LogP contribution is 2.28. The lowest BCUT2D eigenvalue weighted by Gasteiger charge is -2.11. The van der Waals surface area contributed by atoms with Gasteiger partial charge in [-0.15, -0.1) is 0 Å². The quantitative estimate of drug-likeness (QED) is 0.450. The summed E-state index contributed by atoms with van der Waals surface area (Å²) < 4.78 is 48.3. The van der Waals surface area contributed by atoms with Gasteiger partial charge in [0, 0.05) is 0 Å². The maximum Gasteiger partial charge on any atom is 0.276 e. The third kappa shape index (κ3) is 5.55. The van der Waals surface area contributed by atoms with Crippen molar-refractivity contribution >= 4 is 16.2 Å². The molecule has 0 aliphatic rings. The van der Waals surface area contributed by atoms with Crippen molar-refractivity contribution in [1.82, 2.24) is 4.83 Å². The van der Waals surface area contributed by atoms with Crippen LogP contribution in [0.25, 0.3) is 0 Å². The molecule has 0 bridgehead atoms. The largest absolute Gasteiger partial charge is 0.493 e. The van der Waals surface area contributed by atoms with Crippen LogP contribution < -0.4 is 14.3 Å². The van der Waals surface area contributed by atoms with Gasteiger partial charge < -0.3 is 9.47 Å². The molecule has 150 valence electrons. The zero-order chi connectivity index (χ0) is 20.7. The molecular formula is C21H19FN2O4S. The first-order chi connectivity index (χ1) is 14.0. The highest BCUT2D eigenvalue weighted by atomic mass is 32.2. The molecule has 3 rings (SSSR count). The molecule has 0 saturated carbocycles. The summed E-state index contributed by atoms with van der Waals surface area (Å²) in [4.78, 5) is 2.29. The Balaban J connectivity index is 1.66. The first-order valence-electron chi connectivity index (χ1n) is 8.63. The fourth-order valence-corrected chi connectivity index (χ4v) is 3.26. The van der Waals surface area contributed by atoms with Gasteiger partial charge >= 0.3 is 0 Å². The van der Waals surface area contributed by atoms with E-state index in [2.05, 4.69) is 9.93 Å². The molecule has 0 aromatic heterocycles. The van der Waals surface area contributed by atoms with Crippen LogP contribution in [0.5, 0.6) is 11.5 Å². The highest BCUT2D eigenvalue weighted by Gasteiger charge is 2.11. The number of hydrogen-bond acceptors (Lipinski definition) is 5. The van der Waals surface area contributed by atoms with Gasteiger partial charge in [-0.2, -0.15) is 13.5 Å². The minimum absolute atomic E-state index is 0.124. The van der Waals surface area contributed by atoms with Gasteiger partial charge in [-0.05, 0) is 53.6 Å². The van der Waals surface area contributed by atoms with E-state index in [4.69, 9.17) is 9.47 Å². The van der Waals surface area contributed by atoms with E-state index in [1.807, 2.05) is 0 Å². The Morgan fingerprint density at radius 2 is 1.72 bits per heavy atom. The molecule has 0 saturated heterocycles. The van der Waals surface area contributed by atoms with Crippen molar-refractivity contribution in [3.8, 4) is 11.5 Å². The molecule has 0 heterocycles. The molecular weight excluding hydrogens is 395 g/mol. The maximum absolute atomic E-state index is 13.0. The molecule has 1 N–H and O–H groups in total. The average Bonchev–Trinajstić information content (AvgIpc) is 2.74. The van der Waals surface area contributed by atoms with Crippen molar-refractivity contribution in [2.24, 2.45) is 5.10 Å². The van der Waals surface area contributed by atoms with E-state index >= 15 is 0 Å². The van der Waals surface area contributed by atoms with Crippen LogP contribution in [0.4, 0.5) is 4.39 Å². The van der Waals surface area contributed by atoms with E-state index in [0.717, 1.165) is 5.56 Å². The molecule has 29 heavy (non-hydrogen) atoms. The Labute approximate surface area is 168 Å². The summed E-state index contributed by atoms with van der Waals surface area (Å²) in [5.41, 5.74) is 1.43. The number of nitrogens with one attached hydrogen (secondary N) is 1. The third-order valence-corrected chi connectivity index (χ3v) is 5.17. The summed E-state index contributed by atoms with van der Waals surface area (Å²) >= 11 is 0. The minimum Gasteiger partial charge on any atom is -0.493 e. The van der Waals surface area contributed by atoms with Gasteiger partial charge in [0.05, 0.1) is 18.2 Å². The number of benzene rings is 3. The summed E-state index contributed by atoms with van der Waals surface area (Å²) in [5, 5.41) is 3.80. The standard InChI is InChI=1S/C21H19FN2O4S/c1-27-21-13-17(14-23-24-29(25,26)19-5-3-2-4-6-19)9-12-20(21)28-15-16-7-10-18(22)11-8-16/h2-14,24H,15H2,1H3/b23-14+.